The molecule has 0 saturated carbocycles. The summed E-state index contributed by atoms with van der Waals surface area (Å²) in [6.07, 6.45) is 1.05. The van der Waals surface area contributed by atoms with E-state index in [1.54, 1.807) is 63.4 Å². The van der Waals surface area contributed by atoms with Crippen LogP contribution in [0.2, 0.25) is 5.02 Å². The number of amides is 2. The van der Waals surface area contributed by atoms with Crippen LogP contribution in [-0.2, 0) is 9.53 Å². The second-order valence-corrected chi connectivity index (χ2v) is 7.26. The number of rotatable bonds is 3. The summed E-state index contributed by atoms with van der Waals surface area (Å²) >= 11 is 6.05. The van der Waals surface area contributed by atoms with Crippen LogP contribution in [0.3, 0.4) is 0 Å². The molecule has 0 fully saturated rings. The molecule has 6 heteroatoms. The van der Waals surface area contributed by atoms with Gasteiger partial charge in [0.15, 0.2) is 0 Å². The largest absolute Gasteiger partial charge is 0.444 e. The number of hydrogen-bond acceptors (Lipinski definition) is 4. The molecule has 5 nitrogen and oxygen atoms in total. The fourth-order valence-electron chi connectivity index (χ4n) is 2.26. The number of carbonyl (C=O) groups is 2. The van der Waals surface area contributed by atoms with E-state index in [9.17, 15) is 9.59 Å². The molecule has 0 aliphatic rings. The Labute approximate surface area is 164 Å². The van der Waals surface area contributed by atoms with Gasteiger partial charge in [-0.3, -0.25) is 10.1 Å². The van der Waals surface area contributed by atoms with E-state index in [-0.39, 0.29) is 6.42 Å². The van der Waals surface area contributed by atoms with Crippen LogP contribution in [0, 0.1) is 11.8 Å². The number of imide groups is 1. The van der Waals surface area contributed by atoms with Crippen molar-refractivity contribution in [2.24, 2.45) is 0 Å². The highest BCUT2D eigenvalue weighted by Gasteiger charge is 2.24. The monoisotopic (exact) mass is 384 g/mol. The minimum absolute atomic E-state index is 0.200. The molecular formula is C21H21ClN2O3. The summed E-state index contributed by atoms with van der Waals surface area (Å²) < 4.78 is 5.15. The minimum Gasteiger partial charge on any atom is -0.444 e. The Balaban J connectivity index is 2.18. The first-order valence-corrected chi connectivity index (χ1v) is 8.81. The van der Waals surface area contributed by atoms with Crippen LogP contribution in [0.5, 0.6) is 0 Å². The molecule has 0 spiro atoms. The highest BCUT2D eigenvalue weighted by atomic mass is 35.5. The molecule has 1 heterocycles. The number of hydrogen-bond donors (Lipinski definition) is 1. The summed E-state index contributed by atoms with van der Waals surface area (Å²) in [6.45, 7) is 5.18. The van der Waals surface area contributed by atoms with Gasteiger partial charge in [-0.25, -0.2) is 9.78 Å². The van der Waals surface area contributed by atoms with E-state index in [4.69, 9.17) is 16.3 Å². The summed E-state index contributed by atoms with van der Waals surface area (Å²) in [6, 6.07) is 12.3. The van der Waals surface area contributed by atoms with Gasteiger partial charge in [-0.2, -0.15) is 0 Å². The van der Waals surface area contributed by atoms with Crippen molar-refractivity contribution in [2.75, 3.05) is 0 Å². The van der Waals surface area contributed by atoms with Gasteiger partial charge in [0.1, 0.15) is 11.3 Å². The SMILES string of the molecule is CC(C)(C)OC(=O)NC(=O)C(CC#Cc1ccccn1)c1cccc(Cl)c1. The fourth-order valence-corrected chi connectivity index (χ4v) is 2.46. The van der Waals surface area contributed by atoms with Crippen molar-refractivity contribution in [1.29, 1.82) is 0 Å². The number of aromatic nitrogens is 1. The van der Waals surface area contributed by atoms with Crippen LogP contribution in [0.1, 0.15) is 44.4 Å². The zero-order valence-electron chi connectivity index (χ0n) is 15.5. The van der Waals surface area contributed by atoms with Gasteiger partial charge < -0.3 is 4.74 Å². The zero-order chi connectivity index (χ0) is 19.9. The molecule has 0 radical (unpaired) electrons. The fraction of sp³-hybridized carbons (Fsp3) is 0.286. The Morgan fingerprint density at radius 1 is 1.22 bits per heavy atom. The summed E-state index contributed by atoms with van der Waals surface area (Å²) in [5, 5.41) is 2.78. The molecule has 2 rings (SSSR count). The van der Waals surface area contributed by atoms with E-state index in [0.717, 1.165) is 0 Å². The van der Waals surface area contributed by atoms with Crippen LogP contribution in [0.25, 0.3) is 0 Å². The van der Waals surface area contributed by atoms with Gasteiger partial charge in [-0.1, -0.05) is 35.7 Å². The van der Waals surface area contributed by atoms with Crippen molar-refractivity contribution in [3.63, 3.8) is 0 Å². The molecule has 0 bridgehead atoms. The molecule has 1 aromatic carbocycles. The standard InChI is InChI=1S/C21H21ClN2O3/c1-21(2,3)27-20(26)24-19(25)18(15-8-6-9-16(22)14-15)12-7-11-17-10-4-5-13-23-17/h4-6,8-10,13-14,18H,12H2,1-3H3,(H,24,25,26). The number of halogens is 1. The summed E-state index contributed by atoms with van der Waals surface area (Å²) in [4.78, 5) is 28.7. The van der Waals surface area contributed by atoms with Gasteiger partial charge in [0, 0.05) is 17.6 Å². The van der Waals surface area contributed by atoms with Crippen molar-refractivity contribution in [1.82, 2.24) is 10.3 Å². The number of ether oxygens (including phenoxy) is 1. The maximum Gasteiger partial charge on any atom is 0.414 e. The molecule has 2 aromatic rings. The number of alkyl carbamates (subject to hydrolysis) is 1. The second-order valence-electron chi connectivity index (χ2n) is 6.82. The van der Waals surface area contributed by atoms with E-state index in [2.05, 4.69) is 22.1 Å². The number of nitrogens with one attached hydrogen (secondary N) is 1. The topological polar surface area (TPSA) is 68.3 Å². The second kappa shape index (κ2) is 9.20. The third-order valence-electron chi connectivity index (χ3n) is 3.38. The molecule has 1 aromatic heterocycles. The zero-order valence-corrected chi connectivity index (χ0v) is 16.2. The van der Waals surface area contributed by atoms with Crippen molar-refractivity contribution in [3.8, 4) is 11.8 Å². The molecule has 1 unspecified atom stereocenters. The maximum atomic E-state index is 12.7. The van der Waals surface area contributed by atoms with E-state index in [1.807, 2.05) is 6.07 Å². The molecule has 0 aliphatic carbocycles. The molecule has 1 atom stereocenters. The Hall–Kier alpha value is -2.84. The minimum atomic E-state index is -0.794. The molecule has 2 amide bonds. The van der Waals surface area contributed by atoms with Crippen LogP contribution >= 0.6 is 11.6 Å². The van der Waals surface area contributed by atoms with Crippen LogP contribution in [0.4, 0.5) is 4.79 Å². The number of carbonyl (C=O) groups excluding carboxylic acids is 2. The average molecular weight is 385 g/mol. The summed E-state index contributed by atoms with van der Waals surface area (Å²) in [7, 11) is 0. The van der Waals surface area contributed by atoms with Gasteiger partial charge >= 0.3 is 6.09 Å². The van der Waals surface area contributed by atoms with Crippen molar-refractivity contribution in [2.45, 2.75) is 38.7 Å². The van der Waals surface area contributed by atoms with Gasteiger partial charge in [-0.05, 0) is 56.5 Å². The van der Waals surface area contributed by atoms with Gasteiger partial charge in [0.05, 0.1) is 5.92 Å². The van der Waals surface area contributed by atoms with Crippen LogP contribution in [0.15, 0.2) is 48.7 Å². The third-order valence-corrected chi connectivity index (χ3v) is 3.61. The third kappa shape index (κ3) is 7.12. The van der Waals surface area contributed by atoms with Crippen LogP contribution in [-0.4, -0.2) is 22.6 Å². The highest BCUT2D eigenvalue weighted by Crippen LogP contribution is 2.23. The van der Waals surface area contributed by atoms with Gasteiger partial charge in [0.2, 0.25) is 5.91 Å². The molecule has 0 aliphatic heterocycles. The lowest BCUT2D eigenvalue weighted by atomic mass is 9.95. The highest BCUT2D eigenvalue weighted by molar-refractivity contribution is 6.30. The van der Waals surface area contributed by atoms with Crippen molar-refractivity contribution >= 4 is 23.6 Å². The Morgan fingerprint density at radius 3 is 2.63 bits per heavy atom. The van der Waals surface area contributed by atoms with E-state index in [0.29, 0.717) is 16.3 Å². The first-order valence-electron chi connectivity index (χ1n) is 8.44. The van der Waals surface area contributed by atoms with Gasteiger partial charge in [0.25, 0.3) is 0 Å². The van der Waals surface area contributed by atoms with Crippen molar-refractivity contribution < 1.29 is 14.3 Å². The van der Waals surface area contributed by atoms with E-state index < -0.39 is 23.5 Å². The molecule has 0 saturated heterocycles. The lowest BCUT2D eigenvalue weighted by molar-refractivity contribution is -0.122. The first kappa shape index (κ1) is 20.5. The Kier molecular flexibility index (Phi) is 6.98. The maximum absolute atomic E-state index is 12.7. The molecule has 1 N–H and O–H groups in total. The Bertz CT molecular complexity index is 864. The van der Waals surface area contributed by atoms with E-state index >= 15 is 0 Å². The van der Waals surface area contributed by atoms with Crippen molar-refractivity contribution in [3.05, 3.63) is 64.9 Å². The predicted octanol–water partition coefficient (Wildman–Crippen LogP) is 4.31. The summed E-state index contributed by atoms with van der Waals surface area (Å²) in [5.74, 6) is 4.70. The lowest BCUT2D eigenvalue weighted by Gasteiger charge is -2.20. The van der Waals surface area contributed by atoms with Crippen LogP contribution < -0.4 is 5.32 Å². The molecule has 27 heavy (non-hydrogen) atoms. The lowest BCUT2D eigenvalue weighted by Crippen LogP contribution is -2.38. The quantitative estimate of drug-likeness (QED) is 0.800. The number of benzene rings is 1. The summed E-state index contributed by atoms with van der Waals surface area (Å²) in [5.41, 5.74) is 0.572. The normalized spacial score (nSPS) is 11.7. The van der Waals surface area contributed by atoms with E-state index in [1.165, 1.54) is 0 Å². The average Bonchev–Trinajstić information content (AvgIpc) is 2.57. The molecule has 140 valence electrons. The molecular weight excluding hydrogens is 364 g/mol. The number of pyridine rings is 1. The Morgan fingerprint density at radius 2 is 2.00 bits per heavy atom. The predicted molar refractivity (Wildman–Crippen MR) is 104 cm³/mol. The first-order chi connectivity index (χ1) is 12.7. The smallest absolute Gasteiger partial charge is 0.414 e. The van der Waals surface area contributed by atoms with Gasteiger partial charge in [-0.15, -0.1) is 0 Å². The number of nitrogens with zero attached hydrogens (tertiary/aromatic N) is 1.